The van der Waals surface area contributed by atoms with E-state index < -0.39 is 4.92 Å². The van der Waals surface area contributed by atoms with Gasteiger partial charge in [0.05, 0.1) is 11.3 Å². The van der Waals surface area contributed by atoms with Gasteiger partial charge in [0.2, 0.25) is 5.91 Å². The van der Waals surface area contributed by atoms with Gasteiger partial charge in [0.25, 0.3) is 5.69 Å². The Morgan fingerprint density at radius 2 is 1.68 bits per heavy atom. The molecule has 1 N–H and O–H groups in total. The highest BCUT2D eigenvalue weighted by molar-refractivity contribution is 5.92. The molecule has 0 heterocycles. The second-order valence-corrected chi connectivity index (χ2v) is 4.01. The summed E-state index contributed by atoms with van der Waals surface area (Å²) in [4.78, 5) is 21.8. The third-order valence-corrected chi connectivity index (χ3v) is 2.57. The Bertz CT molecular complexity index is 579. The lowest BCUT2D eigenvalue weighted by Gasteiger charge is -2.04. The molecule has 0 aliphatic heterocycles. The molecule has 5 nitrogen and oxygen atoms in total. The Morgan fingerprint density at radius 1 is 1.05 bits per heavy atom. The molecule has 0 aliphatic rings. The molecule has 0 bridgehead atoms. The molecule has 0 fully saturated rings. The van der Waals surface area contributed by atoms with E-state index in [-0.39, 0.29) is 18.0 Å². The van der Waals surface area contributed by atoms with Crippen molar-refractivity contribution in [1.29, 1.82) is 0 Å². The molecule has 96 valence electrons. The van der Waals surface area contributed by atoms with Gasteiger partial charge in [0.15, 0.2) is 0 Å². The van der Waals surface area contributed by atoms with E-state index in [2.05, 4.69) is 5.32 Å². The van der Waals surface area contributed by atoms with Crippen molar-refractivity contribution in [3.63, 3.8) is 0 Å². The molecule has 2 aromatic rings. The summed E-state index contributed by atoms with van der Waals surface area (Å²) in [6.45, 7) is 0. The smallest absolute Gasteiger partial charge is 0.269 e. The van der Waals surface area contributed by atoms with Gasteiger partial charge in [-0.15, -0.1) is 0 Å². The number of anilines is 1. The van der Waals surface area contributed by atoms with Gasteiger partial charge in [-0.1, -0.05) is 30.3 Å². The summed E-state index contributed by atoms with van der Waals surface area (Å²) in [6.07, 6.45) is 0.187. The standard InChI is InChI=1S/C14H12N2O3/c17-14(15-12-4-2-1-3-5-12)10-11-6-8-13(9-7-11)16(18)19/h1-9H,10H2,(H,15,17). The topological polar surface area (TPSA) is 72.2 Å². The van der Waals surface area contributed by atoms with Crippen LogP contribution >= 0.6 is 0 Å². The number of nitrogens with zero attached hydrogens (tertiary/aromatic N) is 1. The zero-order valence-electron chi connectivity index (χ0n) is 10.1. The Balaban J connectivity index is 1.97. The normalized spacial score (nSPS) is 9.89. The van der Waals surface area contributed by atoms with Crippen LogP contribution in [0.2, 0.25) is 0 Å². The van der Waals surface area contributed by atoms with Gasteiger partial charge in [-0.05, 0) is 17.7 Å². The Hall–Kier alpha value is -2.69. The van der Waals surface area contributed by atoms with E-state index in [1.807, 2.05) is 18.2 Å². The van der Waals surface area contributed by atoms with E-state index in [1.165, 1.54) is 12.1 Å². The maximum Gasteiger partial charge on any atom is 0.269 e. The van der Waals surface area contributed by atoms with Crippen LogP contribution in [0.5, 0.6) is 0 Å². The minimum absolute atomic E-state index is 0.0206. The number of amides is 1. The van der Waals surface area contributed by atoms with Gasteiger partial charge in [-0.25, -0.2) is 0 Å². The second kappa shape index (κ2) is 5.77. The second-order valence-electron chi connectivity index (χ2n) is 4.01. The van der Waals surface area contributed by atoms with Crippen LogP contribution in [0, 0.1) is 10.1 Å². The molecule has 0 saturated heterocycles. The fourth-order valence-corrected chi connectivity index (χ4v) is 1.65. The van der Waals surface area contributed by atoms with Crippen LogP contribution in [-0.2, 0) is 11.2 Å². The first kappa shape index (κ1) is 12.8. The lowest BCUT2D eigenvalue weighted by Crippen LogP contribution is -2.14. The lowest BCUT2D eigenvalue weighted by molar-refractivity contribution is -0.384. The summed E-state index contributed by atoms with van der Waals surface area (Å²) < 4.78 is 0. The third-order valence-electron chi connectivity index (χ3n) is 2.57. The average molecular weight is 256 g/mol. The van der Waals surface area contributed by atoms with E-state index in [1.54, 1.807) is 24.3 Å². The number of nitro groups is 1. The van der Waals surface area contributed by atoms with Crippen molar-refractivity contribution in [2.24, 2.45) is 0 Å². The number of carbonyl (C=O) groups is 1. The highest BCUT2D eigenvalue weighted by Gasteiger charge is 2.07. The van der Waals surface area contributed by atoms with Gasteiger partial charge in [-0.3, -0.25) is 14.9 Å². The summed E-state index contributed by atoms with van der Waals surface area (Å²) >= 11 is 0. The predicted molar refractivity (Wildman–Crippen MR) is 71.9 cm³/mol. The van der Waals surface area contributed by atoms with Crippen LogP contribution in [0.25, 0.3) is 0 Å². The number of benzene rings is 2. The number of hydrogen-bond donors (Lipinski definition) is 1. The fraction of sp³-hybridized carbons (Fsp3) is 0.0714. The molecule has 0 saturated carbocycles. The molecule has 1 amide bonds. The molecule has 0 aromatic heterocycles. The van der Waals surface area contributed by atoms with Crippen molar-refractivity contribution < 1.29 is 9.72 Å². The molecule has 2 aromatic carbocycles. The number of non-ortho nitro benzene ring substituents is 1. The van der Waals surface area contributed by atoms with Crippen molar-refractivity contribution >= 4 is 17.3 Å². The Kier molecular flexibility index (Phi) is 3.87. The molecular formula is C14H12N2O3. The van der Waals surface area contributed by atoms with E-state index in [4.69, 9.17) is 0 Å². The number of nitro benzene ring substituents is 1. The minimum Gasteiger partial charge on any atom is -0.326 e. The third kappa shape index (κ3) is 3.64. The average Bonchev–Trinajstić information content (AvgIpc) is 2.40. The SMILES string of the molecule is O=C(Cc1ccc([N+](=O)[O-])cc1)Nc1ccccc1. The summed E-state index contributed by atoms with van der Waals surface area (Å²) in [7, 11) is 0. The van der Waals surface area contributed by atoms with E-state index in [9.17, 15) is 14.9 Å². The van der Waals surface area contributed by atoms with Crippen LogP contribution in [0.15, 0.2) is 54.6 Å². The highest BCUT2D eigenvalue weighted by Crippen LogP contribution is 2.13. The van der Waals surface area contributed by atoms with Crippen molar-refractivity contribution in [3.05, 3.63) is 70.3 Å². The number of rotatable bonds is 4. The highest BCUT2D eigenvalue weighted by atomic mass is 16.6. The van der Waals surface area contributed by atoms with Gasteiger partial charge in [-0.2, -0.15) is 0 Å². The maximum absolute atomic E-state index is 11.8. The molecule has 0 spiro atoms. The molecule has 2 rings (SSSR count). The fourth-order valence-electron chi connectivity index (χ4n) is 1.65. The quantitative estimate of drug-likeness (QED) is 0.675. The Morgan fingerprint density at radius 3 is 2.26 bits per heavy atom. The Labute approximate surface area is 110 Å². The van der Waals surface area contributed by atoms with E-state index >= 15 is 0 Å². The van der Waals surface area contributed by atoms with Crippen molar-refractivity contribution in [3.8, 4) is 0 Å². The molecule has 5 heteroatoms. The molecular weight excluding hydrogens is 244 g/mol. The first-order valence-corrected chi connectivity index (χ1v) is 5.73. The van der Waals surface area contributed by atoms with Crippen LogP contribution in [-0.4, -0.2) is 10.8 Å². The van der Waals surface area contributed by atoms with Crippen molar-refractivity contribution in [2.45, 2.75) is 6.42 Å². The summed E-state index contributed by atoms with van der Waals surface area (Å²) in [5.74, 6) is -0.153. The van der Waals surface area contributed by atoms with E-state index in [0.717, 1.165) is 11.3 Å². The van der Waals surface area contributed by atoms with Crippen molar-refractivity contribution in [2.75, 3.05) is 5.32 Å². The molecule has 0 radical (unpaired) electrons. The van der Waals surface area contributed by atoms with Crippen LogP contribution in [0.4, 0.5) is 11.4 Å². The van der Waals surface area contributed by atoms with Crippen LogP contribution in [0.3, 0.4) is 0 Å². The maximum atomic E-state index is 11.8. The number of nitrogens with one attached hydrogen (secondary N) is 1. The van der Waals surface area contributed by atoms with Crippen molar-refractivity contribution in [1.82, 2.24) is 0 Å². The van der Waals surface area contributed by atoms with Gasteiger partial charge in [0, 0.05) is 17.8 Å². The first-order chi connectivity index (χ1) is 9.15. The molecule has 0 atom stereocenters. The van der Waals surface area contributed by atoms with E-state index in [0.29, 0.717) is 0 Å². The first-order valence-electron chi connectivity index (χ1n) is 5.73. The van der Waals surface area contributed by atoms with Crippen LogP contribution in [0.1, 0.15) is 5.56 Å². The molecule has 19 heavy (non-hydrogen) atoms. The monoisotopic (exact) mass is 256 g/mol. The zero-order valence-corrected chi connectivity index (χ0v) is 10.1. The van der Waals surface area contributed by atoms with Gasteiger partial charge in [0.1, 0.15) is 0 Å². The molecule has 0 aliphatic carbocycles. The van der Waals surface area contributed by atoms with Gasteiger partial charge < -0.3 is 5.32 Å². The predicted octanol–water partition coefficient (Wildman–Crippen LogP) is 2.78. The number of carbonyl (C=O) groups excluding carboxylic acids is 1. The summed E-state index contributed by atoms with van der Waals surface area (Å²) in [5, 5.41) is 13.3. The van der Waals surface area contributed by atoms with Crippen LogP contribution < -0.4 is 5.32 Å². The summed E-state index contributed by atoms with van der Waals surface area (Å²) in [5.41, 5.74) is 1.49. The zero-order chi connectivity index (χ0) is 13.7. The largest absolute Gasteiger partial charge is 0.326 e. The summed E-state index contributed by atoms with van der Waals surface area (Å²) in [6, 6.07) is 15.1. The molecule has 0 unspecified atom stereocenters. The number of para-hydroxylation sites is 1. The lowest BCUT2D eigenvalue weighted by atomic mass is 10.1. The minimum atomic E-state index is -0.464. The van der Waals surface area contributed by atoms with Gasteiger partial charge >= 0.3 is 0 Å². The number of hydrogen-bond acceptors (Lipinski definition) is 3.